The molecule has 0 aromatic heterocycles. The average Bonchev–Trinajstić information content (AvgIpc) is 2.63. The van der Waals surface area contributed by atoms with E-state index in [1.165, 1.54) is 0 Å². The number of benzene rings is 1. The summed E-state index contributed by atoms with van der Waals surface area (Å²) in [6, 6.07) is 8.60. The van der Waals surface area contributed by atoms with Gasteiger partial charge in [0.1, 0.15) is 24.9 Å². The molecule has 10 heteroatoms. The van der Waals surface area contributed by atoms with Crippen molar-refractivity contribution < 1.29 is 28.8 Å². The van der Waals surface area contributed by atoms with Crippen molar-refractivity contribution in [1.82, 2.24) is 5.32 Å². The van der Waals surface area contributed by atoms with Crippen LogP contribution in [0, 0.1) is 0 Å². The van der Waals surface area contributed by atoms with Crippen molar-refractivity contribution in [3.63, 3.8) is 0 Å². The number of hydrogen-bond donors (Lipinski definition) is 2. The van der Waals surface area contributed by atoms with Gasteiger partial charge in [-0.15, -0.1) is 0 Å². The first-order valence-electron chi connectivity index (χ1n) is 8.40. The molecule has 0 spiro atoms. The second-order valence-electron chi connectivity index (χ2n) is 6.41. The van der Waals surface area contributed by atoms with E-state index in [9.17, 15) is 9.90 Å². The number of ether oxygens (including phenoxy) is 4. The average molecular weight is 441 g/mol. The number of aliphatic hydroxyl groups is 1. The van der Waals surface area contributed by atoms with E-state index in [1.807, 2.05) is 30.3 Å². The number of halogens is 3. The van der Waals surface area contributed by atoms with E-state index in [0.29, 0.717) is 0 Å². The fourth-order valence-corrected chi connectivity index (χ4v) is 3.28. The summed E-state index contributed by atoms with van der Waals surface area (Å²) in [6.07, 6.45) is -4.12. The molecule has 0 saturated carbocycles. The van der Waals surface area contributed by atoms with Crippen molar-refractivity contribution in [2.75, 3.05) is 13.2 Å². The Kier molecular flexibility index (Phi) is 6.74. The van der Waals surface area contributed by atoms with Gasteiger partial charge in [-0.25, -0.2) is 4.79 Å². The third-order valence-electron chi connectivity index (χ3n) is 4.38. The van der Waals surface area contributed by atoms with Gasteiger partial charge in [-0.05, 0) is 6.92 Å². The maximum Gasteiger partial charge on any atom is 0.407 e. The Labute approximate surface area is 171 Å². The third kappa shape index (κ3) is 5.38. The zero-order valence-corrected chi connectivity index (χ0v) is 16.7. The predicted octanol–water partition coefficient (Wildman–Crippen LogP) is 2.71. The van der Waals surface area contributed by atoms with Crippen molar-refractivity contribution in [3.05, 3.63) is 35.9 Å². The summed E-state index contributed by atoms with van der Waals surface area (Å²) in [7, 11) is 0. The molecule has 2 aliphatic heterocycles. The summed E-state index contributed by atoms with van der Waals surface area (Å²) < 4.78 is 20.6. The number of nitrogens with one attached hydrogen (secondary N) is 1. The van der Waals surface area contributed by atoms with E-state index in [2.05, 4.69) is 5.32 Å². The van der Waals surface area contributed by atoms with Gasteiger partial charge in [-0.2, -0.15) is 0 Å². The van der Waals surface area contributed by atoms with Gasteiger partial charge >= 0.3 is 6.09 Å². The molecule has 2 saturated heterocycles. The first-order chi connectivity index (χ1) is 12.7. The molecule has 2 heterocycles. The van der Waals surface area contributed by atoms with Gasteiger partial charge in [0.2, 0.25) is 3.79 Å². The van der Waals surface area contributed by atoms with Crippen molar-refractivity contribution in [3.8, 4) is 0 Å². The molecule has 1 aromatic rings. The quantitative estimate of drug-likeness (QED) is 0.703. The number of carbonyl (C=O) groups is 1. The molecule has 1 amide bonds. The maximum absolute atomic E-state index is 12.0. The van der Waals surface area contributed by atoms with Crippen LogP contribution in [0.25, 0.3) is 0 Å². The van der Waals surface area contributed by atoms with Crippen LogP contribution in [0.1, 0.15) is 18.8 Å². The van der Waals surface area contributed by atoms with Gasteiger partial charge in [-0.1, -0.05) is 65.1 Å². The largest absolute Gasteiger partial charge is 0.445 e. The predicted molar refractivity (Wildman–Crippen MR) is 98.9 cm³/mol. The van der Waals surface area contributed by atoms with Gasteiger partial charge in [0.05, 0.1) is 18.8 Å². The van der Waals surface area contributed by atoms with Crippen LogP contribution in [0.5, 0.6) is 0 Å². The highest BCUT2D eigenvalue weighted by atomic mass is 35.6. The molecule has 7 nitrogen and oxygen atoms in total. The third-order valence-corrected chi connectivity index (χ3v) is 4.71. The normalized spacial score (nSPS) is 33.8. The first kappa shape index (κ1) is 20.9. The number of alkyl halides is 3. The van der Waals surface area contributed by atoms with Crippen LogP contribution in [-0.2, 0) is 18.9 Å². The number of rotatable bonds is 3. The number of amides is 1. The topological polar surface area (TPSA) is 86.3 Å². The lowest BCUT2D eigenvalue weighted by Crippen LogP contribution is -2.65. The van der Waals surface area contributed by atoms with Crippen LogP contribution < -0.4 is 5.32 Å². The minimum atomic E-state index is -1.72. The smallest absolute Gasteiger partial charge is 0.407 e. The number of hydrogen-bond acceptors (Lipinski definition) is 6. The summed E-state index contributed by atoms with van der Waals surface area (Å²) in [6.45, 7) is 1.56. The van der Waals surface area contributed by atoms with E-state index in [0.717, 1.165) is 5.56 Å². The Bertz CT molecular complexity index is 643. The molecule has 3 rings (SSSR count). The van der Waals surface area contributed by atoms with Crippen molar-refractivity contribution in [2.24, 2.45) is 0 Å². The molecule has 0 radical (unpaired) electrons. The van der Waals surface area contributed by atoms with Gasteiger partial charge in [0.15, 0.2) is 6.29 Å². The van der Waals surface area contributed by atoms with Crippen LogP contribution in [-0.4, -0.2) is 58.7 Å². The maximum atomic E-state index is 12.0. The van der Waals surface area contributed by atoms with Gasteiger partial charge in [0, 0.05) is 5.56 Å². The number of aliphatic hydroxyl groups excluding tert-OH is 1. The van der Waals surface area contributed by atoms with Gasteiger partial charge < -0.3 is 29.4 Å². The van der Waals surface area contributed by atoms with E-state index in [-0.39, 0.29) is 6.61 Å². The summed E-state index contributed by atoms with van der Waals surface area (Å²) >= 11 is 16.7. The monoisotopic (exact) mass is 439 g/mol. The van der Waals surface area contributed by atoms with Crippen molar-refractivity contribution in [1.29, 1.82) is 0 Å². The minimum Gasteiger partial charge on any atom is -0.445 e. The van der Waals surface area contributed by atoms with E-state index < -0.39 is 53.2 Å². The van der Waals surface area contributed by atoms with Crippen LogP contribution >= 0.6 is 34.8 Å². The van der Waals surface area contributed by atoms with Gasteiger partial charge in [0.25, 0.3) is 0 Å². The molecule has 0 bridgehead atoms. The highest BCUT2D eigenvalue weighted by molar-refractivity contribution is 6.67. The molecule has 2 fully saturated rings. The fraction of sp³-hybridized carbons (Fsp3) is 0.588. The van der Waals surface area contributed by atoms with Crippen molar-refractivity contribution >= 4 is 40.9 Å². The van der Waals surface area contributed by atoms with E-state index in [4.69, 9.17) is 53.8 Å². The van der Waals surface area contributed by atoms with Gasteiger partial charge in [-0.3, -0.25) is 0 Å². The van der Waals surface area contributed by atoms with Crippen LogP contribution in [0.15, 0.2) is 30.3 Å². The lowest BCUT2D eigenvalue weighted by atomic mass is 9.92. The second-order valence-corrected chi connectivity index (χ2v) is 8.92. The fourth-order valence-electron chi connectivity index (χ4n) is 3.12. The molecule has 2 aliphatic rings. The SMILES string of the molecule is C[C@@H]1OC2COC(c3ccccc3)O[C@H]2[C@H](O)C1NC(=O)OCC(Cl)(Cl)Cl. The summed E-state index contributed by atoms with van der Waals surface area (Å²) in [5.74, 6) is 0. The highest BCUT2D eigenvalue weighted by Gasteiger charge is 2.48. The molecule has 27 heavy (non-hydrogen) atoms. The van der Waals surface area contributed by atoms with Crippen LogP contribution in [0.4, 0.5) is 4.79 Å². The minimum absolute atomic E-state index is 0.260. The molecule has 2 N–H and O–H groups in total. The van der Waals surface area contributed by atoms with Crippen LogP contribution in [0.3, 0.4) is 0 Å². The van der Waals surface area contributed by atoms with E-state index in [1.54, 1.807) is 6.92 Å². The molecule has 6 atom stereocenters. The Hall–Kier alpha value is -0.800. The summed E-state index contributed by atoms with van der Waals surface area (Å²) in [5, 5.41) is 13.3. The summed E-state index contributed by atoms with van der Waals surface area (Å²) in [5.41, 5.74) is 0.827. The molecule has 3 unspecified atom stereocenters. The molecule has 0 aliphatic carbocycles. The molecular weight excluding hydrogens is 421 g/mol. The van der Waals surface area contributed by atoms with E-state index >= 15 is 0 Å². The molecule has 1 aromatic carbocycles. The number of fused-ring (bicyclic) bond motifs is 1. The zero-order valence-electron chi connectivity index (χ0n) is 14.4. The Morgan fingerprint density at radius 2 is 2.00 bits per heavy atom. The lowest BCUT2D eigenvalue weighted by molar-refractivity contribution is -0.313. The molecular formula is C17H20Cl3NO6. The lowest BCUT2D eigenvalue weighted by Gasteiger charge is -2.47. The summed E-state index contributed by atoms with van der Waals surface area (Å²) in [4.78, 5) is 12.0. The standard InChI is InChI=1S/C17H20Cl3NO6/c1-9-12(21-16(23)25-8-17(18,19)20)13(22)14-11(26-9)7-24-15(27-14)10-5-3-2-4-6-10/h2-6,9,11-15,22H,7-8H2,1H3,(H,21,23)/t9-,11?,12?,13+,14+,15?/m0/s1. The zero-order chi connectivity index (χ0) is 19.6. The highest BCUT2D eigenvalue weighted by Crippen LogP contribution is 2.34. The number of carbonyl (C=O) groups excluding carboxylic acids is 1. The Morgan fingerprint density at radius 1 is 1.30 bits per heavy atom. The number of alkyl carbamates (subject to hydrolysis) is 1. The molecule has 150 valence electrons. The van der Waals surface area contributed by atoms with Crippen LogP contribution in [0.2, 0.25) is 0 Å². The Balaban J connectivity index is 1.63. The Morgan fingerprint density at radius 3 is 2.67 bits per heavy atom. The van der Waals surface area contributed by atoms with Crippen molar-refractivity contribution in [2.45, 2.75) is 47.5 Å². The first-order valence-corrected chi connectivity index (χ1v) is 9.53. The second kappa shape index (κ2) is 8.69.